The number of benzene rings is 3. The minimum atomic E-state index is -5.64. The van der Waals surface area contributed by atoms with Gasteiger partial charge in [-0.15, -0.1) is 28.4 Å². The maximum absolute atomic E-state index is 12.6. The molecular weight excluding hydrogens is 1370 g/mol. The highest BCUT2D eigenvalue weighted by Gasteiger charge is 2.47. The number of nitrogens with zero attached hydrogens (tertiary/aromatic N) is 6. The minimum absolute atomic E-state index is 0.0241. The Labute approximate surface area is 540 Å². The van der Waals surface area contributed by atoms with E-state index in [1.807, 2.05) is 41.8 Å². The zero-order valence-corrected chi connectivity index (χ0v) is 55.0. The topological polar surface area (TPSA) is 207 Å². The maximum atomic E-state index is 12.6. The molecule has 0 amide bonds. The van der Waals surface area contributed by atoms with Crippen LogP contribution in [0.5, 0.6) is 0 Å². The van der Waals surface area contributed by atoms with Crippen molar-refractivity contribution < 1.29 is 69.8 Å². The zero-order chi connectivity index (χ0) is 66.3. The molecule has 32 heteroatoms. The molecule has 0 aliphatic heterocycles. The summed E-state index contributed by atoms with van der Waals surface area (Å²) >= 11 is 22.8. The van der Waals surface area contributed by atoms with Crippen molar-refractivity contribution in [3.8, 4) is 65.5 Å². The fraction of sp³-hybridized carbons (Fsp3) is 0.276. The van der Waals surface area contributed by atoms with Crippen LogP contribution in [0.3, 0.4) is 0 Å². The first-order valence-corrected chi connectivity index (χ1v) is 34.8. The summed E-state index contributed by atoms with van der Waals surface area (Å²) in [7, 11) is -16.4. The molecule has 3 aromatic carbocycles. The Morgan fingerprint density at radius 1 is 0.522 bits per heavy atom. The van der Waals surface area contributed by atoms with Gasteiger partial charge in [0.1, 0.15) is 10.0 Å². The molecule has 9 rings (SSSR count). The van der Waals surface area contributed by atoms with Gasteiger partial charge >= 0.3 is 26.5 Å². The normalized spacial score (nSPS) is 12.4. The lowest BCUT2D eigenvalue weighted by molar-refractivity contribution is -0.344. The van der Waals surface area contributed by atoms with Crippen molar-refractivity contribution in [2.45, 2.75) is 83.1 Å². The molecule has 0 saturated heterocycles. The van der Waals surface area contributed by atoms with Gasteiger partial charge in [0, 0.05) is 73.7 Å². The summed E-state index contributed by atoms with van der Waals surface area (Å²) in [6.07, 6.45) is 7.74. The second kappa shape index (κ2) is 29.1. The van der Waals surface area contributed by atoms with Crippen molar-refractivity contribution in [1.29, 1.82) is 0 Å². The molecule has 6 heterocycles. The van der Waals surface area contributed by atoms with Crippen LogP contribution in [0.4, 0.5) is 50.9 Å². The van der Waals surface area contributed by atoms with E-state index in [0.29, 0.717) is 51.5 Å². The number of anilines is 1. The number of H-pyrrole nitrogens is 1. The summed E-state index contributed by atoms with van der Waals surface area (Å²) in [6, 6.07) is 23.0. The van der Waals surface area contributed by atoms with Crippen LogP contribution >= 0.6 is 68.8 Å². The Bertz CT molecular complexity index is 3920. The first kappa shape index (κ1) is 71.1. The number of nitrogens with one attached hydrogen (secondary N) is 2. The van der Waals surface area contributed by atoms with E-state index in [9.17, 15) is 64.8 Å². The third-order valence-electron chi connectivity index (χ3n) is 12.2. The summed E-state index contributed by atoms with van der Waals surface area (Å²) in [5.41, 5.74) is -7.99. The van der Waals surface area contributed by atoms with Gasteiger partial charge in [-0.3, -0.25) is 19.7 Å². The number of hydrogen-bond donors (Lipinski definition) is 1. The van der Waals surface area contributed by atoms with E-state index in [0.717, 1.165) is 86.3 Å². The summed E-state index contributed by atoms with van der Waals surface area (Å²) in [5, 5.41) is 8.05. The van der Waals surface area contributed by atoms with Crippen LogP contribution in [0.15, 0.2) is 126 Å². The van der Waals surface area contributed by atoms with Crippen LogP contribution in [-0.2, 0) is 54.9 Å². The lowest BCUT2D eigenvalue weighted by Gasteiger charge is -2.23. The van der Waals surface area contributed by atoms with Crippen molar-refractivity contribution in [3.63, 3.8) is 0 Å². The second-order valence-corrected chi connectivity index (χ2v) is 30.1. The van der Waals surface area contributed by atoms with Gasteiger partial charge in [-0.25, -0.2) is 26.8 Å². The summed E-state index contributed by atoms with van der Waals surface area (Å²) in [5.74, 6) is 0.259. The Balaban J connectivity index is 0.000000192. The third-order valence-corrected chi connectivity index (χ3v) is 19.4. The van der Waals surface area contributed by atoms with Crippen LogP contribution in [0.1, 0.15) is 64.2 Å². The monoisotopic (exact) mass is 1420 g/mol. The van der Waals surface area contributed by atoms with E-state index in [2.05, 4.69) is 76.2 Å². The number of sulfone groups is 1. The third kappa shape index (κ3) is 18.9. The smallest absolute Gasteiger partial charge is 0.516 e. The van der Waals surface area contributed by atoms with Crippen LogP contribution in [0.25, 0.3) is 70.2 Å². The Hall–Kier alpha value is -6.31. The van der Waals surface area contributed by atoms with Crippen molar-refractivity contribution in [3.05, 3.63) is 168 Å². The van der Waals surface area contributed by atoms with Gasteiger partial charge in [-0.05, 0) is 109 Å². The fourth-order valence-corrected chi connectivity index (χ4v) is 13.4. The molecule has 14 nitrogen and oxygen atoms in total. The van der Waals surface area contributed by atoms with Gasteiger partial charge in [-0.1, -0.05) is 112 Å². The number of alkyl halides is 9. The fourth-order valence-electron chi connectivity index (χ4n) is 8.19. The predicted octanol–water partition coefficient (Wildman–Crippen LogP) is 18.1. The highest BCUT2D eigenvalue weighted by atomic mass is 35.5. The summed E-state index contributed by atoms with van der Waals surface area (Å²) in [6.45, 7) is 12.7. The SMILES string of the molecule is CC(C)Cc1cc(-c2[nH+]c(-c3ccc(CS(=O)(=O)C(F)(F)F)cc3Cl)cs2)ccn1.CC(C)Cc1cc(-c2nc(-c3ccc(NS(=O)(=O)C(F)(F)F)cc3Cl)cs2)ccn1.CC(C)Cc1cc(-c2nc(-c3ccc([N-]S(=O)(=O)C(F)(F)F)cc3Cl)cs2)ccn1. The minimum Gasteiger partial charge on any atom is -0.569 e. The first-order valence-electron chi connectivity index (χ1n) is 26.5. The molecule has 0 radical (unpaired) electrons. The number of hydrogen-bond acceptors (Lipinski definition) is 14. The molecule has 0 unspecified atom stereocenters. The van der Waals surface area contributed by atoms with E-state index in [1.165, 1.54) is 75.1 Å². The maximum Gasteiger partial charge on any atom is 0.516 e. The number of aromatic amines is 1. The molecule has 6 aromatic heterocycles. The van der Waals surface area contributed by atoms with E-state index in [4.69, 9.17) is 34.8 Å². The number of rotatable bonds is 18. The highest BCUT2D eigenvalue weighted by Crippen LogP contribution is 2.41. The van der Waals surface area contributed by atoms with Gasteiger partial charge < -0.3 is 4.72 Å². The summed E-state index contributed by atoms with van der Waals surface area (Å²) in [4.78, 5) is 25.5. The molecule has 2 N–H and O–H groups in total. The van der Waals surface area contributed by atoms with Gasteiger partial charge in [0.25, 0.3) is 14.8 Å². The van der Waals surface area contributed by atoms with E-state index in [-0.39, 0.29) is 26.3 Å². The zero-order valence-electron chi connectivity index (χ0n) is 47.8. The van der Waals surface area contributed by atoms with Crippen LogP contribution in [-0.4, -0.2) is 66.7 Å². The molecule has 90 heavy (non-hydrogen) atoms. The number of thiazole rings is 3. The first-order chi connectivity index (χ1) is 41.9. The molecule has 0 aliphatic rings. The number of sulfonamides is 2. The van der Waals surface area contributed by atoms with Crippen molar-refractivity contribution >= 4 is 110 Å². The molecule has 0 spiro atoms. The largest absolute Gasteiger partial charge is 0.569 e. The molecule has 0 bridgehead atoms. The van der Waals surface area contributed by atoms with Crippen molar-refractivity contribution in [1.82, 2.24) is 24.9 Å². The van der Waals surface area contributed by atoms with Gasteiger partial charge in [0.2, 0.25) is 5.69 Å². The Morgan fingerprint density at radius 2 is 0.978 bits per heavy atom. The number of pyridine rings is 3. The molecule has 0 atom stereocenters. The Kier molecular flexibility index (Phi) is 23.0. The lowest BCUT2D eigenvalue weighted by atomic mass is 10.1. The average molecular weight is 1430 g/mol. The number of aromatic nitrogens is 6. The number of halogens is 12. The molecule has 0 saturated carbocycles. The highest BCUT2D eigenvalue weighted by molar-refractivity contribution is 7.95. The van der Waals surface area contributed by atoms with E-state index in [1.54, 1.807) is 29.4 Å². The van der Waals surface area contributed by atoms with Gasteiger partial charge in [-0.2, -0.15) is 52.9 Å². The van der Waals surface area contributed by atoms with Crippen molar-refractivity contribution in [2.24, 2.45) is 17.8 Å². The second-order valence-electron chi connectivity index (χ2n) is 21.0. The Morgan fingerprint density at radius 3 is 1.42 bits per heavy atom. The predicted molar refractivity (Wildman–Crippen MR) is 337 cm³/mol. The summed E-state index contributed by atoms with van der Waals surface area (Å²) < 4.78 is 185. The van der Waals surface area contributed by atoms with Gasteiger partial charge in [0.15, 0.2) is 10.0 Å². The average Bonchev–Trinajstić information content (AvgIpc) is 1.40. The standard InChI is InChI=1S/C20H18ClF3N2O2S2.C19H17ClF3N3O2S2.C19H16ClF3N3O2S2/c1-12(2)7-15-9-14(5-6-25-15)19-26-18(10-29-19)16-4-3-13(8-17(16)21)11-30(27,28)20(22,23)24;2*1-11(2)7-14-8-12(5-6-24-14)18-25-17(10-29-18)15-4-3-13(9-16(15)20)26-30(27,28)19(21,22)23/h3-6,8-10,12H,7,11H2,1-2H3;3-6,8-11,26H,7H2,1-2H3;3-6,8-11H,7H2,1-2H3/q;;-1/p+1. The molecule has 9 aromatic rings. The van der Waals surface area contributed by atoms with Crippen LogP contribution < -0.4 is 9.71 Å². The quantitative estimate of drug-likeness (QED) is 0.0799. The van der Waals surface area contributed by atoms with Crippen molar-refractivity contribution in [2.75, 3.05) is 4.72 Å². The van der Waals surface area contributed by atoms with Gasteiger partial charge in [0.05, 0.1) is 49.4 Å². The van der Waals surface area contributed by atoms with E-state index >= 15 is 0 Å². The van der Waals surface area contributed by atoms with E-state index < -0.39 is 57.8 Å². The molecule has 480 valence electrons. The molecular formula is C58H52Cl3F9N8O6S6. The molecule has 0 aliphatic carbocycles. The molecule has 0 fully saturated rings. The lowest BCUT2D eigenvalue weighted by Crippen LogP contribution is -2.29. The van der Waals surface area contributed by atoms with Crippen LogP contribution in [0.2, 0.25) is 15.1 Å². The van der Waals surface area contributed by atoms with Crippen LogP contribution in [0, 0.1) is 17.8 Å².